The molecule has 114 valence electrons. The first-order valence-electron chi connectivity index (χ1n) is 7.36. The normalized spacial score (nSPS) is 15.0. The summed E-state index contributed by atoms with van der Waals surface area (Å²) in [5, 5.41) is 0. The van der Waals surface area contributed by atoms with Gasteiger partial charge in [-0.15, -0.1) is 11.8 Å². The van der Waals surface area contributed by atoms with Crippen LogP contribution in [0.15, 0.2) is 53.7 Å². The zero-order valence-electron chi connectivity index (χ0n) is 12.6. The van der Waals surface area contributed by atoms with Gasteiger partial charge in [-0.25, -0.2) is 0 Å². The zero-order chi connectivity index (χ0) is 15.4. The molecule has 5 heteroatoms. The molecule has 1 aromatic heterocycles. The molecular weight excluding hydrogens is 294 g/mol. The van der Waals surface area contributed by atoms with Crippen LogP contribution in [0.25, 0.3) is 0 Å². The third kappa shape index (κ3) is 3.25. The number of thioether (sulfide) groups is 1. The van der Waals surface area contributed by atoms with Gasteiger partial charge >= 0.3 is 0 Å². The van der Waals surface area contributed by atoms with E-state index < -0.39 is 0 Å². The molecule has 1 aliphatic rings. The number of pyridine rings is 1. The van der Waals surface area contributed by atoms with Crippen molar-refractivity contribution in [3.63, 3.8) is 0 Å². The standard InChI is InChI=1S/C17H19N3OS/c1-22-16-4-2-14(3-5-16)17(21)20-12-10-19(11-13-20)15-6-8-18-9-7-15/h2-9H,10-13H2,1H3. The molecule has 3 rings (SSSR count). The largest absolute Gasteiger partial charge is 0.368 e. The summed E-state index contributed by atoms with van der Waals surface area (Å²) >= 11 is 1.69. The Morgan fingerprint density at radius 1 is 1.00 bits per heavy atom. The number of carbonyl (C=O) groups is 1. The Labute approximate surface area is 135 Å². The number of hydrogen-bond donors (Lipinski definition) is 0. The highest BCUT2D eigenvalue weighted by molar-refractivity contribution is 7.98. The summed E-state index contributed by atoms with van der Waals surface area (Å²) in [6, 6.07) is 11.9. The minimum absolute atomic E-state index is 0.127. The van der Waals surface area contributed by atoms with Gasteiger partial charge < -0.3 is 9.80 Å². The van der Waals surface area contributed by atoms with Crippen molar-refractivity contribution in [2.75, 3.05) is 37.3 Å². The molecule has 1 fully saturated rings. The first kappa shape index (κ1) is 14.9. The molecule has 2 aromatic rings. The van der Waals surface area contributed by atoms with E-state index in [2.05, 4.69) is 9.88 Å². The molecule has 1 aromatic carbocycles. The lowest BCUT2D eigenvalue weighted by Crippen LogP contribution is -2.48. The average molecular weight is 313 g/mol. The Hall–Kier alpha value is -2.01. The maximum Gasteiger partial charge on any atom is 0.253 e. The SMILES string of the molecule is CSc1ccc(C(=O)N2CCN(c3ccncc3)CC2)cc1. The Balaban J connectivity index is 1.62. The fourth-order valence-corrected chi connectivity index (χ4v) is 3.05. The minimum Gasteiger partial charge on any atom is -0.368 e. The third-order valence-corrected chi connectivity index (χ3v) is 4.68. The number of nitrogens with zero attached hydrogens (tertiary/aromatic N) is 3. The predicted molar refractivity (Wildman–Crippen MR) is 90.6 cm³/mol. The van der Waals surface area contributed by atoms with Gasteiger partial charge in [-0.1, -0.05) is 0 Å². The van der Waals surface area contributed by atoms with Gasteiger partial charge in [0.1, 0.15) is 0 Å². The van der Waals surface area contributed by atoms with E-state index in [1.807, 2.05) is 47.6 Å². The number of piperazine rings is 1. The van der Waals surface area contributed by atoms with Crippen LogP contribution in [-0.2, 0) is 0 Å². The summed E-state index contributed by atoms with van der Waals surface area (Å²) in [5.74, 6) is 0.127. The van der Waals surface area contributed by atoms with Crippen LogP contribution in [0.1, 0.15) is 10.4 Å². The third-order valence-electron chi connectivity index (χ3n) is 3.93. The predicted octanol–water partition coefficient (Wildman–Crippen LogP) is 2.77. The lowest BCUT2D eigenvalue weighted by Gasteiger charge is -2.36. The van der Waals surface area contributed by atoms with E-state index in [1.165, 1.54) is 10.6 Å². The summed E-state index contributed by atoms with van der Waals surface area (Å²) in [6.45, 7) is 3.23. The highest BCUT2D eigenvalue weighted by Gasteiger charge is 2.22. The minimum atomic E-state index is 0.127. The van der Waals surface area contributed by atoms with E-state index in [9.17, 15) is 4.79 Å². The molecule has 2 heterocycles. The summed E-state index contributed by atoms with van der Waals surface area (Å²) in [4.78, 5) is 22.0. The molecule has 1 saturated heterocycles. The quantitative estimate of drug-likeness (QED) is 0.817. The summed E-state index contributed by atoms with van der Waals surface area (Å²) < 4.78 is 0. The van der Waals surface area contributed by atoms with Crippen LogP contribution in [-0.4, -0.2) is 48.2 Å². The highest BCUT2D eigenvalue weighted by atomic mass is 32.2. The molecule has 1 amide bonds. The topological polar surface area (TPSA) is 36.4 Å². The lowest BCUT2D eigenvalue weighted by molar-refractivity contribution is 0.0746. The molecule has 4 nitrogen and oxygen atoms in total. The van der Waals surface area contributed by atoms with Crippen LogP contribution in [0, 0.1) is 0 Å². The molecule has 0 unspecified atom stereocenters. The van der Waals surface area contributed by atoms with Crippen molar-refractivity contribution < 1.29 is 4.79 Å². The molecule has 1 aliphatic heterocycles. The first-order valence-corrected chi connectivity index (χ1v) is 8.59. The van der Waals surface area contributed by atoms with Crippen LogP contribution >= 0.6 is 11.8 Å². The second-order valence-corrected chi connectivity index (χ2v) is 6.09. The number of carbonyl (C=O) groups excluding carboxylic acids is 1. The van der Waals surface area contributed by atoms with Crippen molar-refractivity contribution >= 4 is 23.4 Å². The van der Waals surface area contributed by atoms with Crippen LogP contribution in [0.2, 0.25) is 0 Å². The second kappa shape index (κ2) is 6.83. The monoisotopic (exact) mass is 313 g/mol. The van der Waals surface area contributed by atoms with Gasteiger partial charge in [0.05, 0.1) is 0 Å². The smallest absolute Gasteiger partial charge is 0.253 e. The van der Waals surface area contributed by atoms with Gasteiger partial charge in [0.25, 0.3) is 5.91 Å². The zero-order valence-corrected chi connectivity index (χ0v) is 13.4. The number of hydrogen-bond acceptors (Lipinski definition) is 4. The van der Waals surface area contributed by atoms with Crippen molar-refractivity contribution in [3.8, 4) is 0 Å². The molecule has 0 spiro atoms. The van der Waals surface area contributed by atoms with Crippen LogP contribution < -0.4 is 4.90 Å². The van der Waals surface area contributed by atoms with E-state index >= 15 is 0 Å². The molecule has 0 bridgehead atoms. The number of rotatable bonds is 3. The summed E-state index contributed by atoms with van der Waals surface area (Å²) in [6.07, 6.45) is 5.65. The van der Waals surface area contributed by atoms with Crippen LogP contribution in [0.5, 0.6) is 0 Å². The van der Waals surface area contributed by atoms with Gasteiger partial charge in [0.2, 0.25) is 0 Å². The molecular formula is C17H19N3OS. The van der Waals surface area contributed by atoms with Gasteiger partial charge in [-0.05, 0) is 42.7 Å². The average Bonchev–Trinajstić information content (AvgIpc) is 2.62. The van der Waals surface area contributed by atoms with Gasteiger partial charge in [0.15, 0.2) is 0 Å². The molecule has 0 atom stereocenters. The number of aromatic nitrogens is 1. The van der Waals surface area contributed by atoms with Crippen LogP contribution in [0.4, 0.5) is 5.69 Å². The van der Waals surface area contributed by atoms with Crippen molar-refractivity contribution in [2.24, 2.45) is 0 Å². The maximum atomic E-state index is 12.5. The fourth-order valence-electron chi connectivity index (χ4n) is 2.64. The van der Waals surface area contributed by atoms with Gasteiger partial charge in [-0.3, -0.25) is 9.78 Å². The van der Waals surface area contributed by atoms with E-state index in [1.54, 1.807) is 24.2 Å². The Morgan fingerprint density at radius 2 is 1.64 bits per heavy atom. The van der Waals surface area contributed by atoms with Crippen molar-refractivity contribution in [2.45, 2.75) is 4.90 Å². The molecule has 0 saturated carbocycles. The summed E-state index contributed by atoms with van der Waals surface area (Å²) in [5.41, 5.74) is 1.95. The molecule has 0 radical (unpaired) electrons. The van der Waals surface area contributed by atoms with Gasteiger partial charge in [0, 0.05) is 54.7 Å². The number of anilines is 1. The van der Waals surface area contributed by atoms with E-state index in [0.717, 1.165) is 31.7 Å². The second-order valence-electron chi connectivity index (χ2n) is 5.21. The highest BCUT2D eigenvalue weighted by Crippen LogP contribution is 2.18. The fraction of sp³-hybridized carbons (Fsp3) is 0.294. The Kier molecular flexibility index (Phi) is 4.63. The van der Waals surface area contributed by atoms with Crippen molar-refractivity contribution in [1.29, 1.82) is 0 Å². The summed E-state index contributed by atoms with van der Waals surface area (Å²) in [7, 11) is 0. The van der Waals surface area contributed by atoms with E-state index in [0.29, 0.717) is 0 Å². The van der Waals surface area contributed by atoms with E-state index in [4.69, 9.17) is 0 Å². The Bertz CT molecular complexity index is 622. The number of benzene rings is 1. The van der Waals surface area contributed by atoms with Crippen molar-refractivity contribution in [1.82, 2.24) is 9.88 Å². The maximum absolute atomic E-state index is 12.5. The van der Waals surface area contributed by atoms with Crippen molar-refractivity contribution in [3.05, 3.63) is 54.4 Å². The van der Waals surface area contributed by atoms with E-state index in [-0.39, 0.29) is 5.91 Å². The lowest BCUT2D eigenvalue weighted by atomic mass is 10.2. The molecule has 0 N–H and O–H groups in total. The molecule has 0 aliphatic carbocycles. The first-order chi connectivity index (χ1) is 10.8. The number of amides is 1. The van der Waals surface area contributed by atoms with Crippen LogP contribution in [0.3, 0.4) is 0 Å². The Morgan fingerprint density at radius 3 is 2.23 bits per heavy atom. The van der Waals surface area contributed by atoms with Gasteiger partial charge in [-0.2, -0.15) is 0 Å². The molecule has 22 heavy (non-hydrogen) atoms.